The first kappa shape index (κ1) is 29.3. The molecule has 0 aliphatic carbocycles. The van der Waals surface area contributed by atoms with Crippen LogP contribution in [0.1, 0.15) is 11.1 Å². The third-order valence-corrected chi connectivity index (χ3v) is 7.08. The molecule has 4 aromatic carbocycles. The summed E-state index contributed by atoms with van der Waals surface area (Å²) in [6.07, 6.45) is 1.39. The quantitative estimate of drug-likeness (QED) is 0.177. The number of anilines is 3. The van der Waals surface area contributed by atoms with Crippen LogP contribution in [0.4, 0.5) is 21.9 Å². The number of nitrogens with one attached hydrogen (secondary N) is 1. The van der Waals surface area contributed by atoms with Crippen LogP contribution in [0.3, 0.4) is 0 Å². The predicted molar refractivity (Wildman–Crippen MR) is 167 cm³/mol. The second kappa shape index (κ2) is 12.7. The largest absolute Gasteiger partial charge is 0.493 e. The van der Waals surface area contributed by atoms with Gasteiger partial charge >= 0.3 is 6.03 Å². The number of aryl methyl sites for hydroxylation is 1. The van der Waals surface area contributed by atoms with E-state index >= 15 is 0 Å². The van der Waals surface area contributed by atoms with Gasteiger partial charge in [0.15, 0.2) is 18.1 Å². The second-order valence-corrected chi connectivity index (χ2v) is 10.4. The van der Waals surface area contributed by atoms with Crippen molar-refractivity contribution >= 4 is 62.8 Å². The van der Waals surface area contributed by atoms with Crippen LogP contribution < -0.4 is 24.6 Å². The van der Waals surface area contributed by atoms with E-state index in [1.54, 1.807) is 78.9 Å². The Morgan fingerprint density at radius 1 is 0.837 bits per heavy atom. The van der Waals surface area contributed by atoms with E-state index in [0.29, 0.717) is 27.1 Å². The molecule has 216 valence electrons. The molecule has 1 fully saturated rings. The van der Waals surface area contributed by atoms with E-state index in [-0.39, 0.29) is 29.6 Å². The van der Waals surface area contributed by atoms with Crippen molar-refractivity contribution in [1.29, 1.82) is 0 Å². The molecule has 1 N–H and O–H groups in total. The average Bonchev–Trinajstić information content (AvgIpc) is 2.99. The number of ether oxygens (including phenoxy) is 2. The highest BCUT2D eigenvalue weighted by molar-refractivity contribution is 9.10. The van der Waals surface area contributed by atoms with Crippen molar-refractivity contribution in [2.45, 2.75) is 6.92 Å². The lowest BCUT2D eigenvalue weighted by Gasteiger charge is -2.34. The number of para-hydroxylation sites is 2. The lowest BCUT2D eigenvalue weighted by Crippen LogP contribution is -2.57. The Morgan fingerprint density at radius 2 is 1.44 bits per heavy atom. The van der Waals surface area contributed by atoms with Gasteiger partial charge in [-0.15, -0.1) is 0 Å². The zero-order valence-corrected chi connectivity index (χ0v) is 24.8. The number of hydrogen-bond acceptors (Lipinski definition) is 6. The highest BCUT2D eigenvalue weighted by Crippen LogP contribution is 2.38. The number of halogens is 1. The summed E-state index contributed by atoms with van der Waals surface area (Å²) in [5, 5.41) is 2.78. The van der Waals surface area contributed by atoms with Crippen molar-refractivity contribution in [3.8, 4) is 11.5 Å². The average molecular weight is 640 g/mol. The molecule has 1 saturated heterocycles. The molecule has 0 bridgehead atoms. The summed E-state index contributed by atoms with van der Waals surface area (Å²) in [5.74, 6) is -1.38. The van der Waals surface area contributed by atoms with Crippen LogP contribution in [-0.2, 0) is 14.4 Å². The molecular formula is C33H26BrN3O6. The summed E-state index contributed by atoms with van der Waals surface area (Å²) in [6, 6.07) is 26.6. The summed E-state index contributed by atoms with van der Waals surface area (Å²) in [4.78, 5) is 55.3. The maximum atomic E-state index is 13.7. The number of carbonyl (C=O) groups excluding carboxylic acids is 4. The topological polar surface area (TPSA) is 105 Å². The van der Waals surface area contributed by atoms with E-state index in [1.807, 2.05) is 25.1 Å². The smallest absolute Gasteiger partial charge is 0.343 e. The number of barbiturate groups is 1. The van der Waals surface area contributed by atoms with E-state index in [0.717, 1.165) is 15.4 Å². The molecule has 43 heavy (non-hydrogen) atoms. The van der Waals surface area contributed by atoms with Gasteiger partial charge in [0.05, 0.1) is 23.0 Å². The van der Waals surface area contributed by atoms with Crippen LogP contribution in [-0.4, -0.2) is 37.5 Å². The molecule has 9 nitrogen and oxygen atoms in total. The summed E-state index contributed by atoms with van der Waals surface area (Å²) < 4.78 is 11.7. The fraction of sp³-hybridized carbons (Fsp3) is 0.0909. The molecular weight excluding hydrogens is 614 g/mol. The normalized spacial score (nSPS) is 13.2. The van der Waals surface area contributed by atoms with E-state index in [4.69, 9.17) is 9.47 Å². The number of hydrogen-bond donors (Lipinski definition) is 1. The third kappa shape index (κ3) is 6.34. The van der Waals surface area contributed by atoms with Gasteiger partial charge in [-0.3, -0.25) is 14.4 Å². The molecule has 0 saturated carbocycles. The zero-order valence-electron chi connectivity index (χ0n) is 23.2. The molecule has 0 radical (unpaired) electrons. The van der Waals surface area contributed by atoms with E-state index in [1.165, 1.54) is 13.2 Å². The van der Waals surface area contributed by atoms with E-state index in [2.05, 4.69) is 21.2 Å². The second-order valence-electron chi connectivity index (χ2n) is 9.53. The molecule has 0 atom stereocenters. The van der Waals surface area contributed by atoms with Crippen LogP contribution in [0.15, 0.2) is 107 Å². The van der Waals surface area contributed by atoms with Gasteiger partial charge in [-0.25, -0.2) is 14.6 Å². The molecule has 0 spiro atoms. The summed E-state index contributed by atoms with van der Waals surface area (Å²) >= 11 is 3.46. The first-order chi connectivity index (χ1) is 20.8. The Bertz CT molecular complexity index is 1680. The Hall–Kier alpha value is -5.22. The SMILES string of the molecule is COc1cc(C=C2C(=O)N(c3ccccc3)C(=O)N(c3ccccc3)C2=O)cc(Br)c1OCC(=O)Nc1cccc(C)c1. The predicted octanol–water partition coefficient (Wildman–Crippen LogP) is 6.37. The maximum Gasteiger partial charge on any atom is 0.343 e. The number of amides is 5. The number of imide groups is 2. The van der Waals surface area contributed by atoms with E-state index in [9.17, 15) is 19.2 Å². The minimum Gasteiger partial charge on any atom is -0.493 e. The lowest BCUT2D eigenvalue weighted by atomic mass is 10.0. The summed E-state index contributed by atoms with van der Waals surface area (Å²) in [7, 11) is 1.43. The van der Waals surface area contributed by atoms with Crippen molar-refractivity contribution in [2.24, 2.45) is 0 Å². The highest BCUT2D eigenvalue weighted by Gasteiger charge is 2.43. The fourth-order valence-corrected chi connectivity index (χ4v) is 5.10. The number of urea groups is 1. The number of methoxy groups -OCH3 is 1. The van der Waals surface area contributed by atoms with Gasteiger partial charge in [-0.1, -0.05) is 48.5 Å². The van der Waals surface area contributed by atoms with Crippen LogP contribution in [0.2, 0.25) is 0 Å². The highest BCUT2D eigenvalue weighted by atomic mass is 79.9. The molecule has 5 amide bonds. The van der Waals surface area contributed by atoms with Gasteiger partial charge < -0.3 is 14.8 Å². The minimum atomic E-state index is -0.781. The number of benzene rings is 4. The molecule has 1 aliphatic rings. The Kier molecular flexibility index (Phi) is 8.68. The molecule has 5 rings (SSSR count). The number of nitrogens with zero attached hydrogens (tertiary/aromatic N) is 2. The molecule has 1 aliphatic heterocycles. The Labute approximate surface area is 256 Å². The molecule has 0 unspecified atom stereocenters. The van der Waals surface area contributed by atoms with Gasteiger partial charge in [0.25, 0.3) is 17.7 Å². The molecule has 10 heteroatoms. The van der Waals surface area contributed by atoms with Crippen LogP contribution in [0.25, 0.3) is 6.08 Å². The lowest BCUT2D eigenvalue weighted by molar-refractivity contribution is -0.121. The maximum absolute atomic E-state index is 13.7. The van der Waals surface area contributed by atoms with Crippen molar-refractivity contribution in [3.05, 3.63) is 118 Å². The van der Waals surface area contributed by atoms with Gasteiger partial charge in [-0.2, -0.15) is 0 Å². The van der Waals surface area contributed by atoms with Gasteiger partial charge in [0.2, 0.25) is 0 Å². The Balaban J connectivity index is 1.46. The van der Waals surface area contributed by atoms with Crippen molar-refractivity contribution < 1.29 is 28.7 Å². The van der Waals surface area contributed by atoms with Crippen LogP contribution in [0, 0.1) is 6.92 Å². The number of rotatable bonds is 8. The molecule has 1 heterocycles. The Morgan fingerprint density at radius 3 is 2.00 bits per heavy atom. The first-order valence-electron chi connectivity index (χ1n) is 13.2. The van der Waals surface area contributed by atoms with Crippen molar-refractivity contribution in [2.75, 3.05) is 28.8 Å². The van der Waals surface area contributed by atoms with Crippen LogP contribution in [0.5, 0.6) is 11.5 Å². The minimum absolute atomic E-state index is 0.229. The monoisotopic (exact) mass is 639 g/mol. The molecule has 4 aromatic rings. The summed E-state index contributed by atoms with van der Waals surface area (Å²) in [6.45, 7) is 1.64. The zero-order chi connectivity index (χ0) is 30.5. The molecule has 0 aromatic heterocycles. The number of carbonyl (C=O) groups is 4. The fourth-order valence-electron chi connectivity index (χ4n) is 4.53. The van der Waals surface area contributed by atoms with Gasteiger partial charge in [-0.05, 0) is 88.6 Å². The van der Waals surface area contributed by atoms with Crippen molar-refractivity contribution in [1.82, 2.24) is 0 Å². The van der Waals surface area contributed by atoms with Crippen LogP contribution >= 0.6 is 15.9 Å². The van der Waals surface area contributed by atoms with Gasteiger partial charge in [0.1, 0.15) is 5.57 Å². The first-order valence-corrected chi connectivity index (χ1v) is 14.0. The third-order valence-electron chi connectivity index (χ3n) is 6.49. The van der Waals surface area contributed by atoms with Crippen molar-refractivity contribution in [3.63, 3.8) is 0 Å². The summed E-state index contributed by atoms with van der Waals surface area (Å²) in [5.41, 5.74) is 2.49. The van der Waals surface area contributed by atoms with E-state index < -0.39 is 17.8 Å². The van der Waals surface area contributed by atoms with Gasteiger partial charge in [0, 0.05) is 5.69 Å². The standard InChI is InChI=1S/C33H26BrN3O6/c1-21-10-9-11-23(16-21)35-29(38)20-43-30-27(34)18-22(19-28(30)42-2)17-26-31(39)36(24-12-5-3-6-13-24)33(41)37(32(26)40)25-14-7-4-8-15-25/h3-19H,20H2,1-2H3,(H,35,38).